The van der Waals surface area contributed by atoms with E-state index in [-0.39, 0.29) is 11.7 Å². The third-order valence-electron chi connectivity index (χ3n) is 3.14. The predicted octanol–water partition coefficient (Wildman–Crippen LogP) is 2.84. The van der Waals surface area contributed by atoms with Crippen LogP contribution in [-0.2, 0) is 4.79 Å². The molecule has 88 valence electrons. The number of rotatable bonds is 2. The van der Waals surface area contributed by atoms with Crippen LogP contribution in [0.3, 0.4) is 0 Å². The van der Waals surface area contributed by atoms with Gasteiger partial charge in [0.05, 0.1) is 0 Å². The van der Waals surface area contributed by atoms with Crippen molar-refractivity contribution in [1.82, 2.24) is 0 Å². The highest BCUT2D eigenvalue weighted by Crippen LogP contribution is 2.33. The van der Waals surface area contributed by atoms with Crippen LogP contribution >= 0.6 is 11.6 Å². The molecule has 0 fully saturated rings. The summed E-state index contributed by atoms with van der Waals surface area (Å²) >= 11 is 5.85. The van der Waals surface area contributed by atoms with Crippen LogP contribution < -0.4 is 5.73 Å². The maximum atomic E-state index is 11.7. The highest BCUT2D eigenvalue weighted by molar-refractivity contribution is 6.30. The summed E-state index contributed by atoms with van der Waals surface area (Å²) in [5, 5.41) is 0.675. The van der Waals surface area contributed by atoms with Gasteiger partial charge in [-0.05, 0) is 24.6 Å². The third-order valence-corrected chi connectivity index (χ3v) is 3.39. The summed E-state index contributed by atoms with van der Waals surface area (Å²) in [7, 11) is 0. The van der Waals surface area contributed by atoms with Gasteiger partial charge in [-0.2, -0.15) is 0 Å². The Bertz CT molecular complexity index is 489. The summed E-state index contributed by atoms with van der Waals surface area (Å²) in [4.78, 5) is 11.7. The number of hydrogen-bond acceptors (Lipinski definition) is 2. The van der Waals surface area contributed by atoms with Crippen molar-refractivity contribution < 1.29 is 4.79 Å². The van der Waals surface area contributed by atoms with E-state index in [0.29, 0.717) is 5.02 Å². The third kappa shape index (κ3) is 2.19. The van der Waals surface area contributed by atoms with E-state index in [0.717, 1.165) is 5.56 Å². The molecule has 2 N–H and O–H groups in total. The Kier molecular flexibility index (Phi) is 3.18. The van der Waals surface area contributed by atoms with Gasteiger partial charge in [-0.15, -0.1) is 0 Å². The minimum Gasteiger partial charge on any atom is -0.315 e. The second-order valence-electron chi connectivity index (χ2n) is 4.26. The fourth-order valence-corrected chi connectivity index (χ4v) is 2.17. The number of carbonyl (C=O) groups excluding carboxylic acids is 1. The van der Waals surface area contributed by atoms with Gasteiger partial charge in [0.25, 0.3) is 0 Å². The van der Waals surface area contributed by atoms with Crippen molar-refractivity contribution in [3.05, 3.63) is 59.2 Å². The fourth-order valence-electron chi connectivity index (χ4n) is 2.05. The SMILES string of the molecule is CC(=O)C1(N)C=CC=CC1c1ccc(Cl)cc1. The summed E-state index contributed by atoms with van der Waals surface area (Å²) in [6, 6.07) is 7.43. The molecule has 2 unspecified atom stereocenters. The van der Waals surface area contributed by atoms with E-state index in [1.54, 1.807) is 6.08 Å². The minimum absolute atomic E-state index is 0.0435. The summed E-state index contributed by atoms with van der Waals surface area (Å²) in [5.74, 6) is -0.180. The second-order valence-corrected chi connectivity index (χ2v) is 4.70. The molecule has 0 radical (unpaired) electrons. The number of carbonyl (C=O) groups is 1. The zero-order valence-electron chi connectivity index (χ0n) is 9.56. The smallest absolute Gasteiger partial charge is 0.154 e. The number of halogens is 1. The molecule has 2 rings (SSSR count). The molecular formula is C14H14ClNO. The zero-order chi connectivity index (χ0) is 12.5. The van der Waals surface area contributed by atoms with Crippen LogP contribution in [0.15, 0.2) is 48.6 Å². The maximum Gasteiger partial charge on any atom is 0.154 e. The molecule has 1 aliphatic carbocycles. The largest absolute Gasteiger partial charge is 0.315 e. The number of allylic oxidation sites excluding steroid dienone is 2. The Labute approximate surface area is 106 Å². The van der Waals surface area contributed by atoms with Crippen molar-refractivity contribution in [2.75, 3.05) is 0 Å². The average Bonchev–Trinajstić information content (AvgIpc) is 2.31. The molecule has 17 heavy (non-hydrogen) atoms. The molecule has 1 aromatic rings. The Balaban J connectivity index is 2.43. The molecular weight excluding hydrogens is 234 g/mol. The van der Waals surface area contributed by atoms with Crippen LogP contribution in [0.5, 0.6) is 0 Å². The molecule has 0 aromatic heterocycles. The normalized spacial score (nSPS) is 27.1. The van der Waals surface area contributed by atoms with Crippen LogP contribution in [0.4, 0.5) is 0 Å². The Hall–Kier alpha value is -1.38. The van der Waals surface area contributed by atoms with Crippen molar-refractivity contribution in [1.29, 1.82) is 0 Å². The van der Waals surface area contributed by atoms with Gasteiger partial charge in [0.1, 0.15) is 5.54 Å². The second kappa shape index (κ2) is 4.47. The molecule has 1 aliphatic rings. The molecule has 0 bridgehead atoms. The van der Waals surface area contributed by atoms with Gasteiger partial charge >= 0.3 is 0 Å². The molecule has 2 nitrogen and oxygen atoms in total. The van der Waals surface area contributed by atoms with Gasteiger partial charge in [-0.1, -0.05) is 48.0 Å². The number of hydrogen-bond donors (Lipinski definition) is 1. The van der Waals surface area contributed by atoms with Gasteiger partial charge in [0, 0.05) is 10.9 Å². The van der Waals surface area contributed by atoms with Crippen molar-refractivity contribution in [3.8, 4) is 0 Å². The van der Waals surface area contributed by atoms with Gasteiger partial charge < -0.3 is 5.73 Å². The highest BCUT2D eigenvalue weighted by atomic mass is 35.5. The topological polar surface area (TPSA) is 43.1 Å². The van der Waals surface area contributed by atoms with Crippen LogP contribution in [0.25, 0.3) is 0 Å². The molecule has 0 heterocycles. The molecule has 3 heteroatoms. The molecule has 1 aromatic carbocycles. The van der Waals surface area contributed by atoms with Crippen molar-refractivity contribution in [2.45, 2.75) is 18.4 Å². The Morgan fingerprint density at radius 3 is 2.53 bits per heavy atom. The molecule has 0 amide bonds. The minimum atomic E-state index is -0.956. The van der Waals surface area contributed by atoms with E-state index in [1.165, 1.54) is 6.92 Å². The lowest BCUT2D eigenvalue weighted by molar-refractivity contribution is -0.120. The van der Waals surface area contributed by atoms with Crippen molar-refractivity contribution >= 4 is 17.4 Å². The van der Waals surface area contributed by atoms with Gasteiger partial charge in [0.15, 0.2) is 5.78 Å². The van der Waals surface area contributed by atoms with E-state index in [1.807, 2.05) is 42.5 Å². The fraction of sp³-hybridized carbons (Fsp3) is 0.214. The maximum absolute atomic E-state index is 11.7. The van der Waals surface area contributed by atoms with Crippen molar-refractivity contribution in [2.24, 2.45) is 5.73 Å². The van der Waals surface area contributed by atoms with Crippen LogP contribution in [-0.4, -0.2) is 11.3 Å². The first kappa shape index (κ1) is 12.1. The number of benzene rings is 1. The van der Waals surface area contributed by atoms with E-state index in [9.17, 15) is 4.79 Å². The lowest BCUT2D eigenvalue weighted by Crippen LogP contribution is -2.50. The molecule has 2 atom stereocenters. The van der Waals surface area contributed by atoms with Crippen LogP contribution in [0, 0.1) is 0 Å². The van der Waals surface area contributed by atoms with Crippen LogP contribution in [0.2, 0.25) is 5.02 Å². The summed E-state index contributed by atoms with van der Waals surface area (Å²) in [5.41, 5.74) is 6.23. The Morgan fingerprint density at radius 1 is 1.29 bits per heavy atom. The lowest BCUT2D eigenvalue weighted by atomic mass is 9.75. The number of nitrogens with two attached hydrogens (primary N) is 1. The highest BCUT2D eigenvalue weighted by Gasteiger charge is 2.37. The molecule has 0 spiro atoms. The first-order valence-corrected chi connectivity index (χ1v) is 5.83. The standard InChI is InChI=1S/C14H14ClNO/c1-10(17)14(16)9-3-2-4-13(14)11-5-7-12(15)8-6-11/h2-9,13H,16H2,1H3. The van der Waals surface area contributed by atoms with Crippen molar-refractivity contribution in [3.63, 3.8) is 0 Å². The number of ketones is 1. The summed E-state index contributed by atoms with van der Waals surface area (Å²) in [6.45, 7) is 1.52. The molecule has 0 aliphatic heterocycles. The molecule has 0 saturated heterocycles. The quantitative estimate of drug-likeness (QED) is 0.873. The van der Waals surface area contributed by atoms with E-state index < -0.39 is 5.54 Å². The van der Waals surface area contributed by atoms with E-state index in [4.69, 9.17) is 17.3 Å². The zero-order valence-corrected chi connectivity index (χ0v) is 10.3. The van der Waals surface area contributed by atoms with Gasteiger partial charge in [-0.25, -0.2) is 0 Å². The van der Waals surface area contributed by atoms with E-state index in [2.05, 4.69) is 0 Å². The average molecular weight is 248 g/mol. The van der Waals surface area contributed by atoms with E-state index >= 15 is 0 Å². The summed E-state index contributed by atoms with van der Waals surface area (Å²) in [6.07, 6.45) is 7.43. The monoisotopic (exact) mass is 247 g/mol. The van der Waals surface area contributed by atoms with Gasteiger partial charge in [0.2, 0.25) is 0 Å². The number of Topliss-reactive ketones (excluding diaryl/α,β-unsaturated/α-hetero) is 1. The van der Waals surface area contributed by atoms with Crippen LogP contribution in [0.1, 0.15) is 18.4 Å². The summed E-state index contributed by atoms with van der Waals surface area (Å²) < 4.78 is 0. The molecule has 0 saturated carbocycles. The first-order chi connectivity index (χ1) is 8.04. The lowest BCUT2D eigenvalue weighted by Gasteiger charge is -2.33. The van der Waals surface area contributed by atoms with Gasteiger partial charge in [-0.3, -0.25) is 4.79 Å². The Morgan fingerprint density at radius 2 is 1.94 bits per heavy atom. The first-order valence-electron chi connectivity index (χ1n) is 5.45. The predicted molar refractivity (Wildman–Crippen MR) is 70.1 cm³/mol.